The van der Waals surface area contributed by atoms with E-state index in [9.17, 15) is 4.79 Å². The monoisotopic (exact) mass is 391 g/mol. The molecule has 2 aromatic heterocycles. The van der Waals surface area contributed by atoms with Gasteiger partial charge in [-0.15, -0.1) is 11.3 Å². The first-order valence-electron chi connectivity index (χ1n) is 7.77. The number of halogens is 1. The summed E-state index contributed by atoms with van der Waals surface area (Å²) in [5.74, 6) is 0.225. The molecule has 26 heavy (non-hydrogen) atoms. The molecule has 0 unspecified atom stereocenters. The van der Waals surface area contributed by atoms with Crippen LogP contribution in [0, 0.1) is 6.92 Å². The number of carbonyl (C=O) groups is 1. The molecule has 0 saturated heterocycles. The Balaban J connectivity index is 1.97. The molecule has 6 nitrogen and oxygen atoms in total. The van der Waals surface area contributed by atoms with Crippen LogP contribution in [0.5, 0.6) is 5.75 Å². The molecule has 0 aliphatic carbocycles. The molecule has 0 radical (unpaired) electrons. The van der Waals surface area contributed by atoms with Crippen LogP contribution in [-0.4, -0.2) is 25.1 Å². The van der Waals surface area contributed by atoms with Crippen LogP contribution in [0.4, 0.5) is 11.4 Å². The van der Waals surface area contributed by atoms with E-state index < -0.39 is 0 Å². The summed E-state index contributed by atoms with van der Waals surface area (Å²) in [6.07, 6.45) is 0. The van der Waals surface area contributed by atoms with Crippen molar-refractivity contribution in [2.24, 2.45) is 0 Å². The van der Waals surface area contributed by atoms with E-state index in [4.69, 9.17) is 26.8 Å². The number of amides is 1. The summed E-state index contributed by atoms with van der Waals surface area (Å²) in [6.45, 7) is 2.30. The minimum absolute atomic E-state index is 0.312. The molecule has 0 bridgehead atoms. The maximum atomic E-state index is 12.7. The number of anilines is 2. The Labute approximate surface area is 159 Å². The molecule has 3 N–H and O–H groups in total. The lowest BCUT2D eigenvalue weighted by atomic mass is 10.1. The second-order valence-electron chi connectivity index (χ2n) is 5.68. The van der Waals surface area contributed by atoms with Crippen LogP contribution in [0.15, 0.2) is 24.3 Å². The van der Waals surface area contributed by atoms with Crippen molar-refractivity contribution in [1.29, 1.82) is 0 Å². The van der Waals surface area contributed by atoms with Crippen molar-refractivity contribution in [1.82, 2.24) is 4.98 Å². The van der Waals surface area contributed by atoms with Crippen molar-refractivity contribution in [3.8, 4) is 5.75 Å². The number of aromatic nitrogens is 1. The highest BCUT2D eigenvalue weighted by molar-refractivity contribution is 7.21. The van der Waals surface area contributed by atoms with E-state index in [2.05, 4.69) is 10.3 Å². The predicted molar refractivity (Wildman–Crippen MR) is 105 cm³/mol. The third-order valence-corrected chi connectivity index (χ3v) is 5.22. The molecule has 0 fully saturated rings. The number of ether oxygens (including phenoxy) is 2. The van der Waals surface area contributed by atoms with Gasteiger partial charge in [0, 0.05) is 23.9 Å². The molecule has 8 heteroatoms. The first-order valence-corrected chi connectivity index (χ1v) is 8.96. The van der Waals surface area contributed by atoms with Gasteiger partial charge in [0.25, 0.3) is 5.91 Å². The number of nitrogens with zero attached hydrogens (tertiary/aromatic N) is 1. The number of nitrogens with one attached hydrogen (secondary N) is 1. The number of aryl methyl sites for hydroxylation is 1. The van der Waals surface area contributed by atoms with Crippen LogP contribution < -0.4 is 15.8 Å². The zero-order valence-corrected chi connectivity index (χ0v) is 16.1. The highest BCUT2D eigenvalue weighted by Gasteiger charge is 2.20. The average Bonchev–Trinajstić information content (AvgIpc) is 2.92. The second-order valence-corrected chi connectivity index (χ2v) is 7.09. The summed E-state index contributed by atoms with van der Waals surface area (Å²) in [5, 5.41) is 3.99. The van der Waals surface area contributed by atoms with Crippen LogP contribution in [-0.2, 0) is 11.3 Å². The maximum absolute atomic E-state index is 12.7. The van der Waals surface area contributed by atoms with Crippen molar-refractivity contribution >= 4 is 50.4 Å². The topological polar surface area (TPSA) is 86.5 Å². The lowest BCUT2D eigenvalue weighted by Crippen LogP contribution is -2.12. The Hall–Kier alpha value is -2.35. The van der Waals surface area contributed by atoms with Crippen molar-refractivity contribution in [3.63, 3.8) is 0 Å². The van der Waals surface area contributed by atoms with Crippen LogP contribution in [0.3, 0.4) is 0 Å². The van der Waals surface area contributed by atoms with Crippen LogP contribution >= 0.6 is 22.9 Å². The van der Waals surface area contributed by atoms with Gasteiger partial charge in [0.1, 0.15) is 15.5 Å². The maximum Gasteiger partial charge on any atom is 0.267 e. The summed E-state index contributed by atoms with van der Waals surface area (Å²) >= 11 is 7.36. The highest BCUT2D eigenvalue weighted by Crippen LogP contribution is 2.36. The van der Waals surface area contributed by atoms with Gasteiger partial charge >= 0.3 is 0 Å². The number of fused-ring (bicyclic) bond motifs is 1. The van der Waals surface area contributed by atoms with Gasteiger partial charge in [-0.2, -0.15) is 0 Å². The number of rotatable bonds is 5. The summed E-state index contributed by atoms with van der Waals surface area (Å²) in [5.41, 5.74) is 8.98. The highest BCUT2D eigenvalue weighted by atomic mass is 35.5. The molecule has 0 aliphatic heterocycles. The van der Waals surface area contributed by atoms with Gasteiger partial charge in [-0.25, -0.2) is 4.98 Å². The molecule has 1 amide bonds. The minimum atomic E-state index is -0.312. The Morgan fingerprint density at radius 3 is 2.77 bits per heavy atom. The molecule has 1 aromatic carbocycles. The lowest BCUT2D eigenvalue weighted by Gasteiger charge is -2.08. The van der Waals surface area contributed by atoms with Gasteiger partial charge in [-0.1, -0.05) is 11.6 Å². The fourth-order valence-corrected chi connectivity index (χ4v) is 4.05. The summed E-state index contributed by atoms with van der Waals surface area (Å²) in [4.78, 5) is 18.3. The Morgan fingerprint density at radius 1 is 1.35 bits per heavy atom. The van der Waals surface area contributed by atoms with Gasteiger partial charge in [0.15, 0.2) is 0 Å². The number of benzene rings is 1. The number of carbonyl (C=O) groups excluding carboxylic acids is 1. The largest absolute Gasteiger partial charge is 0.495 e. The van der Waals surface area contributed by atoms with Crippen LogP contribution in [0.25, 0.3) is 10.2 Å². The van der Waals surface area contributed by atoms with Gasteiger partial charge in [0.2, 0.25) is 0 Å². The molecule has 0 saturated carbocycles. The number of hydrogen-bond donors (Lipinski definition) is 2. The summed E-state index contributed by atoms with van der Waals surface area (Å²) in [7, 11) is 3.15. The molecule has 2 heterocycles. The van der Waals surface area contributed by atoms with Crippen LogP contribution in [0.1, 0.15) is 20.9 Å². The second kappa shape index (κ2) is 7.49. The zero-order valence-electron chi connectivity index (χ0n) is 14.6. The Morgan fingerprint density at radius 2 is 2.12 bits per heavy atom. The lowest BCUT2D eigenvalue weighted by molar-refractivity contribution is 0.103. The third-order valence-electron chi connectivity index (χ3n) is 3.82. The molecule has 0 atom stereocenters. The van der Waals surface area contributed by atoms with E-state index in [1.54, 1.807) is 25.3 Å². The molecular weight excluding hydrogens is 374 g/mol. The Bertz CT molecular complexity index is 987. The van der Waals surface area contributed by atoms with Crippen LogP contribution in [0.2, 0.25) is 5.02 Å². The van der Waals surface area contributed by atoms with E-state index in [1.165, 1.54) is 18.4 Å². The van der Waals surface area contributed by atoms with Gasteiger partial charge in [0.05, 0.1) is 24.4 Å². The standard InChI is InChI=1S/C18H18ClN3O3S/c1-9-6-10(8-24-2)14-15(20)16(26-18(14)21-9)17(23)22-11-4-5-13(25-3)12(19)7-11/h4-7H,8,20H2,1-3H3,(H,22,23). The molecular formula is C18H18ClN3O3S. The smallest absolute Gasteiger partial charge is 0.267 e. The molecule has 0 aliphatic rings. The van der Waals surface area contributed by atoms with Gasteiger partial charge < -0.3 is 20.5 Å². The fraction of sp³-hybridized carbons (Fsp3) is 0.222. The third kappa shape index (κ3) is 3.46. The van der Waals surface area contributed by atoms with Crippen molar-refractivity contribution in [2.45, 2.75) is 13.5 Å². The minimum Gasteiger partial charge on any atom is -0.495 e. The normalized spacial score (nSPS) is 10.9. The number of methoxy groups -OCH3 is 2. The van der Waals surface area contributed by atoms with E-state index in [0.717, 1.165) is 16.6 Å². The first kappa shape index (κ1) is 18.4. The number of pyridine rings is 1. The summed E-state index contributed by atoms with van der Waals surface area (Å²) < 4.78 is 10.4. The summed E-state index contributed by atoms with van der Waals surface area (Å²) in [6, 6.07) is 6.94. The van der Waals surface area contributed by atoms with Gasteiger partial charge in [-0.3, -0.25) is 4.79 Å². The van der Waals surface area contributed by atoms with E-state index in [1.807, 2.05) is 13.0 Å². The van der Waals surface area contributed by atoms with E-state index >= 15 is 0 Å². The van der Waals surface area contributed by atoms with Crippen molar-refractivity contribution < 1.29 is 14.3 Å². The predicted octanol–water partition coefficient (Wildman–Crippen LogP) is 4.25. The number of nitrogen functional groups attached to an aromatic ring is 1. The first-order chi connectivity index (χ1) is 12.4. The molecule has 3 rings (SSSR count). The Kier molecular flexibility index (Phi) is 5.31. The zero-order chi connectivity index (χ0) is 18.8. The SMILES string of the molecule is COCc1cc(C)nc2sc(C(=O)Nc3ccc(OC)c(Cl)c3)c(N)c12. The molecule has 136 valence electrons. The number of thiophene rings is 1. The van der Waals surface area contributed by atoms with Gasteiger partial charge in [-0.05, 0) is 36.8 Å². The fourth-order valence-electron chi connectivity index (χ4n) is 2.71. The van der Waals surface area contributed by atoms with E-state index in [0.29, 0.717) is 38.5 Å². The number of hydrogen-bond acceptors (Lipinski definition) is 6. The van der Waals surface area contributed by atoms with E-state index in [-0.39, 0.29) is 5.91 Å². The number of nitrogens with two attached hydrogens (primary N) is 1. The average molecular weight is 392 g/mol. The van der Waals surface area contributed by atoms with Crippen molar-refractivity contribution in [3.05, 3.63) is 45.4 Å². The quantitative estimate of drug-likeness (QED) is 0.679. The molecule has 3 aromatic rings. The van der Waals surface area contributed by atoms with Crippen molar-refractivity contribution in [2.75, 3.05) is 25.3 Å². The molecule has 0 spiro atoms.